The molecule has 0 radical (unpaired) electrons. The van der Waals surface area contributed by atoms with Crippen molar-refractivity contribution in [2.24, 2.45) is 5.92 Å². The Bertz CT molecular complexity index is 393. The van der Waals surface area contributed by atoms with Gasteiger partial charge in [-0.05, 0) is 39.0 Å². The molecule has 0 aliphatic heterocycles. The highest BCUT2D eigenvalue weighted by atomic mass is 15.4. The molecule has 2 rings (SSSR count). The molecule has 0 bridgehead atoms. The SMILES string of the molecule is CCCn1nc(C)c(N)c1N(CC)CC1CCC1. The Balaban J connectivity index is 2.21. The predicted molar refractivity (Wildman–Crippen MR) is 76.9 cm³/mol. The van der Waals surface area contributed by atoms with Gasteiger partial charge in [-0.1, -0.05) is 13.3 Å². The van der Waals surface area contributed by atoms with Crippen LogP contribution in [0.15, 0.2) is 0 Å². The molecule has 102 valence electrons. The lowest BCUT2D eigenvalue weighted by Crippen LogP contribution is -2.34. The van der Waals surface area contributed by atoms with E-state index in [1.807, 2.05) is 6.92 Å². The minimum absolute atomic E-state index is 0.856. The number of nitrogens with two attached hydrogens (primary N) is 1. The summed E-state index contributed by atoms with van der Waals surface area (Å²) in [7, 11) is 0. The van der Waals surface area contributed by atoms with Gasteiger partial charge in [0.2, 0.25) is 0 Å². The Morgan fingerprint density at radius 1 is 1.39 bits per heavy atom. The van der Waals surface area contributed by atoms with Gasteiger partial charge in [0.05, 0.1) is 11.4 Å². The van der Waals surface area contributed by atoms with E-state index in [1.165, 1.54) is 19.3 Å². The summed E-state index contributed by atoms with van der Waals surface area (Å²) < 4.78 is 2.09. The number of hydrogen-bond donors (Lipinski definition) is 1. The first-order valence-corrected chi connectivity index (χ1v) is 7.25. The summed E-state index contributed by atoms with van der Waals surface area (Å²) in [5.41, 5.74) is 8.05. The van der Waals surface area contributed by atoms with Gasteiger partial charge in [-0.15, -0.1) is 0 Å². The van der Waals surface area contributed by atoms with E-state index in [4.69, 9.17) is 5.73 Å². The van der Waals surface area contributed by atoms with E-state index in [0.717, 1.165) is 49.2 Å². The molecule has 0 spiro atoms. The molecule has 0 amide bonds. The van der Waals surface area contributed by atoms with Crippen LogP contribution in [0.4, 0.5) is 11.5 Å². The topological polar surface area (TPSA) is 47.1 Å². The monoisotopic (exact) mass is 250 g/mol. The fourth-order valence-corrected chi connectivity index (χ4v) is 2.64. The van der Waals surface area contributed by atoms with Crippen molar-refractivity contribution in [2.45, 2.75) is 53.0 Å². The summed E-state index contributed by atoms with van der Waals surface area (Å²) in [6.07, 6.45) is 5.23. The largest absolute Gasteiger partial charge is 0.394 e. The van der Waals surface area contributed by atoms with Gasteiger partial charge >= 0.3 is 0 Å². The molecular formula is C14H26N4. The van der Waals surface area contributed by atoms with Gasteiger partial charge in [-0.2, -0.15) is 5.10 Å². The van der Waals surface area contributed by atoms with Gasteiger partial charge in [-0.25, -0.2) is 4.68 Å². The number of hydrogen-bond acceptors (Lipinski definition) is 3. The molecule has 4 nitrogen and oxygen atoms in total. The molecule has 4 heteroatoms. The standard InChI is InChI=1S/C14H26N4/c1-4-9-18-14(13(15)11(3)16-18)17(5-2)10-12-7-6-8-12/h12H,4-10,15H2,1-3H3. The Kier molecular flexibility index (Phi) is 4.15. The van der Waals surface area contributed by atoms with Crippen LogP contribution in [0.2, 0.25) is 0 Å². The van der Waals surface area contributed by atoms with Crippen molar-refractivity contribution >= 4 is 11.5 Å². The lowest BCUT2D eigenvalue weighted by atomic mass is 9.85. The van der Waals surface area contributed by atoms with Crippen LogP contribution in [0.1, 0.15) is 45.2 Å². The molecule has 1 aliphatic carbocycles. The minimum Gasteiger partial charge on any atom is -0.394 e. The van der Waals surface area contributed by atoms with Crippen molar-refractivity contribution in [1.29, 1.82) is 0 Å². The molecular weight excluding hydrogens is 224 g/mol. The average molecular weight is 250 g/mol. The molecule has 0 aromatic carbocycles. The maximum Gasteiger partial charge on any atom is 0.150 e. The zero-order valence-corrected chi connectivity index (χ0v) is 11.9. The molecule has 18 heavy (non-hydrogen) atoms. The summed E-state index contributed by atoms with van der Waals surface area (Å²) in [4.78, 5) is 2.41. The molecule has 1 saturated carbocycles. The second-order valence-corrected chi connectivity index (χ2v) is 5.38. The molecule has 2 N–H and O–H groups in total. The first-order chi connectivity index (χ1) is 8.67. The fraction of sp³-hybridized carbons (Fsp3) is 0.786. The second-order valence-electron chi connectivity index (χ2n) is 5.38. The number of anilines is 2. The van der Waals surface area contributed by atoms with Gasteiger partial charge < -0.3 is 10.6 Å². The van der Waals surface area contributed by atoms with Gasteiger partial charge in [0.25, 0.3) is 0 Å². The van der Waals surface area contributed by atoms with Crippen molar-refractivity contribution in [2.75, 3.05) is 23.7 Å². The lowest BCUT2D eigenvalue weighted by Gasteiger charge is -2.33. The van der Waals surface area contributed by atoms with E-state index in [1.54, 1.807) is 0 Å². The number of nitrogen functional groups attached to an aromatic ring is 1. The minimum atomic E-state index is 0.856. The van der Waals surface area contributed by atoms with Gasteiger partial charge in [0.15, 0.2) is 5.82 Å². The van der Waals surface area contributed by atoms with Gasteiger partial charge in [0.1, 0.15) is 0 Å². The normalized spacial score (nSPS) is 15.7. The third-order valence-electron chi connectivity index (χ3n) is 3.97. The molecule has 0 atom stereocenters. The average Bonchev–Trinajstić information content (AvgIpc) is 2.56. The zero-order valence-electron chi connectivity index (χ0n) is 11.9. The van der Waals surface area contributed by atoms with E-state index in [-0.39, 0.29) is 0 Å². The molecule has 0 saturated heterocycles. The Morgan fingerprint density at radius 3 is 2.61 bits per heavy atom. The van der Waals surface area contributed by atoms with Crippen molar-refractivity contribution in [1.82, 2.24) is 9.78 Å². The maximum atomic E-state index is 6.22. The van der Waals surface area contributed by atoms with E-state index >= 15 is 0 Å². The zero-order chi connectivity index (χ0) is 13.1. The van der Waals surface area contributed by atoms with E-state index < -0.39 is 0 Å². The van der Waals surface area contributed by atoms with Crippen LogP contribution in [-0.2, 0) is 6.54 Å². The molecule has 1 fully saturated rings. The van der Waals surface area contributed by atoms with Crippen LogP contribution < -0.4 is 10.6 Å². The number of aryl methyl sites for hydroxylation is 2. The van der Waals surface area contributed by atoms with Crippen molar-refractivity contribution in [3.8, 4) is 0 Å². The highest BCUT2D eigenvalue weighted by Crippen LogP contribution is 2.32. The van der Waals surface area contributed by atoms with E-state index in [2.05, 4.69) is 28.5 Å². The lowest BCUT2D eigenvalue weighted by molar-refractivity contribution is 0.317. The van der Waals surface area contributed by atoms with Crippen molar-refractivity contribution in [3.05, 3.63) is 5.69 Å². The van der Waals surface area contributed by atoms with Crippen LogP contribution >= 0.6 is 0 Å². The third-order valence-corrected chi connectivity index (χ3v) is 3.97. The molecule has 1 aromatic rings. The first-order valence-electron chi connectivity index (χ1n) is 7.25. The molecule has 1 aliphatic rings. The van der Waals surface area contributed by atoms with Crippen LogP contribution in [0.5, 0.6) is 0 Å². The fourth-order valence-electron chi connectivity index (χ4n) is 2.64. The molecule has 1 heterocycles. The summed E-state index contributed by atoms with van der Waals surface area (Å²) >= 11 is 0. The molecule has 1 aromatic heterocycles. The summed E-state index contributed by atoms with van der Waals surface area (Å²) in [5, 5.41) is 4.57. The third kappa shape index (κ3) is 2.47. The Labute approximate surface area is 110 Å². The summed E-state index contributed by atoms with van der Waals surface area (Å²) in [6.45, 7) is 9.48. The van der Waals surface area contributed by atoms with Crippen LogP contribution in [-0.4, -0.2) is 22.9 Å². The van der Waals surface area contributed by atoms with Gasteiger partial charge in [0, 0.05) is 19.6 Å². The summed E-state index contributed by atoms with van der Waals surface area (Å²) in [6, 6.07) is 0. The van der Waals surface area contributed by atoms with Gasteiger partial charge in [-0.3, -0.25) is 0 Å². The predicted octanol–water partition coefficient (Wildman–Crippen LogP) is 2.81. The second kappa shape index (κ2) is 5.63. The number of rotatable bonds is 6. The maximum absolute atomic E-state index is 6.22. The van der Waals surface area contributed by atoms with Crippen molar-refractivity contribution in [3.63, 3.8) is 0 Å². The highest BCUT2D eigenvalue weighted by molar-refractivity contribution is 5.66. The van der Waals surface area contributed by atoms with E-state index in [9.17, 15) is 0 Å². The van der Waals surface area contributed by atoms with Crippen LogP contribution in [0.3, 0.4) is 0 Å². The number of nitrogens with zero attached hydrogens (tertiary/aromatic N) is 3. The highest BCUT2D eigenvalue weighted by Gasteiger charge is 2.24. The van der Waals surface area contributed by atoms with E-state index in [0.29, 0.717) is 0 Å². The Morgan fingerprint density at radius 2 is 2.11 bits per heavy atom. The Hall–Kier alpha value is -1.19. The van der Waals surface area contributed by atoms with Crippen LogP contribution in [0, 0.1) is 12.8 Å². The smallest absolute Gasteiger partial charge is 0.150 e. The number of aromatic nitrogens is 2. The van der Waals surface area contributed by atoms with Crippen molar-refractivity contribution < 1.29 is 0 Å². The summed E-state index contributed by atoms with van der Waals surface area (Å²) in [5.74, 6) is 2.00. The first kappa shape index (κ1) is 13.2. The quantitative estimate of drug-likeness (QED) is 0.844. The van der Waals surface area contributed by atoms with Crippen LogP contribution in [0.25, 0.3) is 0 Å². The molecule has 0 unspecified atom stereocenters.